The van der Waals surface area contributed by atoms with Crippen LogP contribution in [0, 0.1) is 0 Å². The number of hydrogen-bond donors (Lipinski definition) is 2. The largest absolute Gasteiger partial charge is 0.450 e. The summed E-state index contributed by atoms with van der Waals surface area (Å²) in [6, 6.07) is 10.0. The monoisotopic (exact) mass is 283 g/mol. The van der Waals surface area contributed by atoms with E-state index in [1.165, 1.54) is 5.56 Å². The predicted octanol–water partition coefficient (Wildman–Crippen LogP) is 2.07. The lowest BCUT2D eigenvalue weighted by atomic mass is 10.1. The van der Waals surface area contributed by atoms with Crippen LogP contribution in [0.5, 0.6) is 0 Å². The molecule has 0 fully saturated rings. The number of aliphatic hydroxyl groups is 1. The minimum atomic E-state index is -0.358. The van der Waals surface area contributed by atoms with Crippen molar-refractivity contribution in [1.29, 1.82) is 0 Å². The molecule has 0 saturated heterocycles. The van der Waals surface area contributed by atoms with Crippen LogP contribution < -0.4 is 5.32 Å². The van der Waals surface area contributed by atoms with E-state index < -0.39 is 0 Å². The van der Waals surface area contributed by atoms with Crippen molar-refractivity contribution < 1.29 is 14.6 Å². The summed E-state index contributed by atoms with van der Waals surface area (Å²) in [5, 5.41) is 11.3. The van der Waals surface area contributed by atoms with Crippen LogP contribution in [0.2, 0.25) is 0 Å². The first-order chi connectivity index (χ1) is 9.33. The quantitative estimate of drug-likeness (QED) is 0.681. The lowest BCUT2D eigenvalue weighted by Gasteiger charge is -2.07. The highest BCUT2D eigenvalue weighted by Gasteiger charge is 2.01. The van der Waals surface area contributed by atoms with Gasteiger partial charge in [0.15, 0.2) is 0 Å². The van der Waals surface area contributed by atoms with Crippen molar-refractivity contribution in [3.05, 3.63) is 35.9 Å². The molecule has 0 aliphatic rings. The van der Waals surface area contributed by atoms with E-state index in [1.807, 2.05) is 30.3 Å². The van der Waals surface area contributed by atoms with Gasteiger partial charge in [-0.15, -0.1) is 0 Å². The highest BCUT2D eigenvalue weighted by Crippen LogP contribution is 2.01. The molecule has 0 unspecified atom stereocenters. The first-order valence-corrected chi connectivity index (χ1v) is 7.61. The zero-order valence-corrected chi connectivity index (χ0v) is 11.8. The number of aliphatic hydroxyl groups excluding tert-OH is 1. The number of hydrogen-bond acceptors (Lipinski definition) is 4. The molecule has 106 valence electrons. The topological polar surface area (TPSA) is 58.6 Å². The van der Waals surface area contributed by atoms with Crippen LogP contribution in [-0.2, 0) is 11.2 Å². The summed E-state index contributed by atoms with van der Waals surface area (Å²) in [5.41, 5.74) is 1.20. The second kappa shape index (κ2) is 10.7. The standard InChI is InChI=1S/C14H21NO3S/c16-9-12-19-11-4-10-18-14(17)15-8-7-13-5-2-1-3-6-13/h1-3,5-6,16H,4,7-12H2,(H,15,17). The number of thioether (sulfide) groups is 1. The van der Waals surface area contributed by atoms with Gasteiger partial charge in [-0.1, -0.05) is 30.3 Å². The Morgan fingerprint density at radius 1 is 1.26 bits per heavy atom. The van der Waals surface area contributed by atoms with Gasteiger partial charge in [-0.25, -0.2) is 4.79 Å². The number of rotatable bonds is 9. The molecule has 0 radical (unpaired) electrons. The fraction of sp³-hybridized carbons (Fsp3) is 0.500. The Bertz CT molecular complexity index is 346. The average molecular weight is 283 g/mol. The SMILES string of the molecule is O=C(NCCc1ccccc1)OCCCSCCO. The van der Waals surface area contributed by atoms with Gasteiger partial charge in [0.1, 0.15) is 0 Å². The van der Waals surface area contributed by atoms with Crippen LogP contribution in [0.1, 0.15) is 12.0 Å². The maximum absolute atomic E-state index is 11.3. The zero-order valence-electron chi connectivity index (χ0n) is 11.0. The van der Waals surface area contributed by atoms with Crippen LogP contribution >= 0.6 is 11.8 Å². The number of ether oxygens (including phenoxy) is 1. The van der Waals surface area contributed by atoms with Crippen molar-refractivity contribution in [1.82, 2.24) is 5.32 Å². The number of nitrogens with one attached hydrogen (secondary N) is 1. The molecular weight excluding hydrogens is 262 g/mol. The molecule has 0 spiro atoms. The van der Waals surface area contributed by atoms with E-state index in [4.69, 9.17) is 9.84 Å². The molecule has 0 aliphatic heterocycles. The maximum atomic E-state index is 11.3. The summed E-state index contributed by atoms with van der Waals surface area (Å²) >= 11 is 1.66. The highest BCUT2D eigenvalue weighted by atomic mass is 32.2. The molecule has 4 nitrogen and oxygen atoms in total. The molecule has 0 saturated carbocycles. The summed E-state index contributed by atoms with van der Waals surface area (Å²) in [5.74, 6) is 1.64. The van der Waals surface area contributed by atoms with E-state index in [1.54, 1.807) is 11.8 Å². The van der Waals surface area contributed by atoms with Crippen molar-refractivity contribution in [3.63, 3.8) is 0 Å². The second-order valence-corrected chi connectivity index (χ2v) is 5.21. The molecule has 0 bridgehead atoms. The van der Waals surface area contributed by atoms with E-state index in [9.17, 15) is 4.79 Å². The van der Waals surface area contributed by atoms with Crippen LogP contribution in [0.4, 0.5) is 4.79 Å². The van der Waals surface area contributed by atoms with Gasteiger partial charge < -0.3 is 15.2 Å². The van der Waals surface area contributed by atoms with E-state index in [2.05, 4.69) is 5.32 Å². The molecule has 1 rings (SSSR count). The number of benzene rings is 1. The van der Waals surface area contributed by atoms with Gasteiger partial charge in [-0.3, -0.25) is 0 Å². The van der Waals surface area contributed by atoms with Crippen LogP contribution in [-0.4, -0.2) is 42.5 Å². The Morgan fingerprint density at radius 3 is 2.79 bits per heavy atom. The van der Waals surface area contributed by atoms with Crippen LogP contribution in [0.15, 0.2) is 30.3 Å². The summed E-state index contributed by atoms with van der Waals surface area (Å²) < 4.78 is 5.03. The first-order valence-electron chi connectivity index (χ1n) is 6.46. The van der Waals surface area contributed by atoms with Gasteiger partial charge in [0.2, 0.25) is 0 Å². The summed E-state index contributed by atoms with van der Waals surface area (Å²) in [6.45, 7) is 1.21. The summed E-state index contributed by atoms with van der Waals surface area (Å²) in [4.78, 5) is 11.3. The minimum absolute atomic E-state index is 0.200. The van der Waals surface area contributed by atoms with E-state index in [-0.39, 0.29) is 12.7 Å². The number of amides is 1. The van der Waals surface area contributed by atoms with Crippen molar-refractivity contribution in [3.8, 4) is 0 Å². The number of carbonyl (C=O) groups excluding carboxylic acids is 1. The third-order valence-electron chi connectivity index (χ3n) is 2.43. The molecule has 5 heteroatoms. The van der Waals surface area contributed by atoms with Gasteiger partial charge in [0, 0.05) is 12.3 Å². The van der Waals surface area contributed by atoms with Crippen molar-refractivity contribution >= 4 is 17.9 Å². The highest BCUT2D eigenvalue weighted by molar-refractivity contribution is 7.99. The van der Waals surface area contributed by atoms with Crippen molar-refractivity contribution in [2.75, 3.05) is 31.3 Å². The lowest BCUT2D eigenvalue weighted by Crippen LogP contribution is -2.26. The molecule has 1 aromatic rings. The molecule has 19 heavy (non-hydrogen) atoms. The minimum Gasteiger partial charge on any atom is -0.450 e. The average Bonchev–Trinajstić information content (AvgIpc) is 2.44. The Balaban J connectivity index is 1.96. The van der Waals surface area contributed by atoms with Gasteiger partial charge in [0.05, 0.1) is 13.2 Å². The summed E-state index contributed by atoms with van der Waals surface area (Å²) in [7, 11) is 0. The Labute approximate surface area is 118 Å². The molecular formula is C14H21NO3S. The smallest absolute Gasteiger partial charge is 0.407 e. The Hall–Kier alpha value is -1.20. The third-order valence-corrected chi connectivity index (χ3v) is 3.48. The van der Waals surface area contributed by atoms with E-state index in [0.717, 1.165) is 24.3 Å². The second-order valence-electron chi connectivity index (χ2n) is 3.99. The Morgan fingerprint density at radius 2 is 2.05 bits per heavy atom. The van der Waals surface area contributed by atoms with Gasteiger partial charge in [0.25, 0.3) is 0 Å². The van der Waals surface area contributed by atoms with Gasteiger partial charge in [-0.2, -0.15) is 11.8 Å². The zero-order chi connectivity index (χ0) is 13.8. The lowest BCUT2D eigenvalue weighted by molar-refractivity contribution is 0.147. The molecule has 0 aromatic heterocycles. The molecule has 0 aliphatic carbocycles. The van der Waals surface area contributed by atoms with Gasteiger partial charge in [-0.05, 0) is 24.2 Å². The van der Waals surface area contributed by atoms with Crippen molar-refractivity contribution in [2.24, 2.45) is 0 Å². The van der Waals surface area contributed by atoms with Crippen molar-refractivity contribution in [2.45, 2.75) is 12.8 Å². The first kappa shape index (κ1) is 15.9. The molecule has 0 atom stereocenters. The number of alkyl carbamates (subject to hydrolysis) is 1. The summed E-state index contributed by atoms with van der Waals surface area (Å²) in [6.07, 6.45) is 1.27. The van der Waals surface area contributed by atoms with E-state index in [0.29, 0.717) is 13.2 Å². The number of carbonyl (C=O) groups is 1. The Kier molecular flexibility index (Phi) is 8.93. The van der Waals surface area contributed by atoms with Crippen LogP contribution in [0.3, 0.4) is 0 Å². The fourth-order valence-electron chi connectivity index (χ4n) is 1.50. The molecule has 1 amide bonds. The normalized spacial score (nSPS) is 10.2. The predicted molar refractivity (Wildman–Crippen MR) is 78.5 cm³/mol. The molecule has 1 aromatic carbocycles. The molecule has 0 heterocycles. The maximum Gasteiger partial charge on any atom is 0.407 e. The molecule has 2 N–H and O–H groups in total. The van der Waals surface area contributed by atoms with E-state index >= 15 is 0 Å². The van der Waals surface area contributed by atoms with Crippen LogP contribution in [0.25, 0.3) is 0 Å². The third kappa shape index (κ3) is 8.51. The van der Waals surface area contributed by atoms with Gasteiger partial charge >= 0.3 is 6.09 Å². The fourth-order valence-corrected chi connectivity index (χ4v) is 2.15.